The first kappa shape index (κ1) is 22.3. The summed E-state index contributed by atoms with van der Waals surface area (Å²) >= 11 is 0. The molecule has 6 N–H and O–H groups in total. The summed E-state index contributed by atoms with van der Waals surface area (Å²) in [4.78, 5) is 0. The van der Waals surface area contributed by atoms with E-state index in [1.165, 1.54) is 0 Å². The molecular weight excluding hydrogens is 411 g/mol. The molecule has 6 nitrogen and oxygen atoms in total. The average Bonchev–Trinajstić information content (AvgIpc) is 3.22. The van der Waals surface area contributed by atoms with Crippen LogP contribution < -0.4 is 11.5 Å². The molecule has 152 valence electrons. The molecule has 2 aromatic carbocycles. The molecule has 2 heterocycles. The Kier molecular flexibility index (Phi) is 6.95. The highest BCUT2D eigenvalue weighted by Gasteiger charge is 2.09. The molecule has 0 atom stereocenters. The number of nitrogen functional groups attached to an aromatic ring is 2. The zero-order valence-electron chi connectivity index (χ0n) is 15.5. The summed E-state index contributed by atoms with van der Waals surface area (Å²) in [6.45, 7) is 0. The molecule has 0 amide bonds. The van der Waals surface area contributed by atoms with Crippen molar-refractivity contribution in [2.24, 2.45) is 11.5 Å². The molecule has 2 aromatic heterocycles. The van der Waals surface area contributed by atoms with Gasteiger partial charge in [0, 0.05) is 34.7 Å². The number of hydrogen-bond acceptors (Lipinski definition) is 4. The Hall–Kier alpha value is -2.96. The zero-order chi connectivity index (χ0) is 19.0. The van der Waals surface area contributed by atoms with Crippen molar-refractivity contribution >= 4 is 58.4 Å². The predicted octanol–water partition coefficient (Wildman–Crippen LogP) is 4.77. The van der Waals surface area contributed by atoms with Crippen LogP contribution in [0.1, 0.15) is 29.1 Å². The number of halogens is 2. The lowest BCUT2D eigenvalue weighted by Gasteiger charge is -1.96. The first-order valence-corrected chi connectivity index (χ1v) is 8.73. The Morgan fingerprint density at radius 2 is 1.10 bits per heavy atom. The van der Waals surface area contributed by atoms with Crippen molar-refractivity contribution in [1.82, 2.24) is 0 Å². The van der Waals surface area contributed by atoms with Gasteiger partial charge in [0.05, 0.1) is 0 Å². The van der Waals surface area contributed by atoms with Crippen molar-refractivity contribution in [3.63, 3.8) is 0 Å². The standard InChI is InChI=1S/C21H20N4O2.2ClH/c22-20(23)12-4-6-18-14(8-12)10-16(26-18)2-1-3-17-11-15-9-13(21(24)25)5-7-19(15)27-17;;/h4-11H,1-3H2,(H3,22,23)(H3,24,25);2*1H. The molecule has 0 aliphatic rings. The minimum absolute atomic E-state index is 0. The van der Waals surface area contributed by atoms with Gasteiger partial charge in [0.25, 0.3) is 0 Å². The third-order valence-corrected chi connectivity index (χ3v) is 4.60. The summed E-state index contributed by atoms with van der Waals surface area (Å²) in [5.41, 5.74) is 14.1. The van der Waals surface area contributed by atoms with Crippen LogP contribution in [0.3, 0.4) is 0 Å². The van der Waals surface area contributed by atoms with Gasteiger partial charge in [-0.2, -0.15) is 0 Å². The van der Waals surface area contributed by atoms with E-state index in [0.717, 1.165) is 52.7 Å². The van der Waals surface area contributed by atoms with Gasteiger partial charge >= 0.3 is 0 Å². The van der Waals surface area contributed by atoms with Gasteiger partial charge in [-0.15, -0.1) is 24.8 Å². The third-order valence-electron chi connectivity index (χ3n) is 4.60. The highest BCUT2D eigenvalue weighted by Crippen LogP contribution is 2.24. The van der Waals surface area contributed by atoms with Crippen LogP contribution in [0.2, 0.25) is 0 Å². The van der Waals surface area contributed by atoms with Gasteiger partial charge in [-0.05, 0) is 55.0 Å². The highest BCUT2D eigenvalue weighted by atomic mass is 35.5. The first-order valence-electron chi connectivity index (χ1n) is 8.73. The van der Waals surface area contributed by atoms with Crippen molar-refractivity contribution in [3.05, 3.63) is 71.2 Å². The summed E-state index contributed by atoms with van der Waals surface area (Å²) in [5, 5.41) is 17.0. The smallest absolute Gasteiger partial charge is 0.134 e. The molecule has 4 aromatic rings. The maximum atomic E-state index is 7.52. The SMILES string of the molecule is Cl.Cl.N=C(N)c1ccc2oc(CCCc3cc4cc(C(=N)N)ccc4o3)cc2c1. The van der Waals surface area contributed by atoms with E-state index >= 15 is 0 Å². The molecule has 0 saturated carbocycles. The third kappa shape index (κ3) is 4.72. The van der Waals surface area contributed by atoms with E-state index in [9.17, 15) is 0 Å². The second-order valence-corrected chi connectivity index (χ2v) is 6.61. The number of benzene rings is 2. The van der Waals surface area contributed by atoms with Crippen molar-refractivity contribution in [2.75, 3.05) is 0 Å². The van der Waals surface area contributed by atoms with E-state index < -0.39 is 0 Å². The second-order valence-electron chi connectivity index (χ2n) is 6.61. The van der Waals surface area contributed by atoms with Crippen LogP contribution in [0.25, 0.3) is 21.9 Å². The van der Waals surface area contributed by atoms with Crippen LogP contribution in [0, 0.1) is 10.8 Å². The Labute approximate surface area is 180 Å². The molecule has 0 fully saturated rings. The van der Waals surface area contributed by atoms with E-state index in [2.05, 4.69) is 0 Å². The van der Waals surface area contributed by atoms with E-state index in [4.69, 9.17) is 31.1 Å². The van der Waals surface area contributed by atoms with Crippen LogP contribution in [0.5, 0.6) is 0 Å². The Balaban J connectivity index is 0.00000150. The molecule has 0 bridgehead atoms. The Morgan fingerprint density at radius 1 is 0.690 bits per heavy atom. The van der Waals surface area contributed by atoms with E-state index in [1.807, 2.05) is 36.4 Å². The molecule has 0 aliphatic carbocycles. The Morgan fingerprint density at radius 3 is 1.48 bits per heavy atom. The van der Waals surface area contributed by atoms with E-state index in [0.29, 0.717) is 11.1 Å². The van der Waals surface area contributed by atoms with E-state index in [-0.39, 0.29) is 36.5 Å². The number of rotatable bonds is 6. The maximum Gasteiger partial charge on any atom is 0.134 e. The van der Waals surface area contributed by atoms with Gasteiger partial charge in [-0.3, -0.25) is 10.8 Å². The first-order chi connectivity index (χ1) is 13.0. The van der Waals surface area contributed by atoms with Gasteiger partial charge in [0.2, 0.25) is 0 Å². The Bertz CT molecular complexity index is 1090. The molecule has 8 heteroatoms. The summed E-state index contributed by atoms with van der Waals surface area (Å²) in [6.07, 6.45) is 2.47. The average molecular weight is 433 g/mol. The summed E-state index contributed by atoms with van der Waals surface area (Å²) in [7, 11) is 0. The number of furan rings is 2. The summed E-state index contributed by atoms with van der Waals surface area (Å²) in [6, 6.07) is 15.0. The van der Waals surface area contributed by atoms with Crippen molar-refractivity contribution in [3.8, 4) is 0 Å². The molecule has 0 aliphatic heterocycles. The lowest BCUT2D eigenvalue weighted by Crippen LogP contribution is -2.10. The normalized spacial score (nSPS) is 10.5. The van der Waals surface area contributed by atoms with Crippen molar-refractivity contribution in [1.29, 1.82) is 10.8 Å². The zero-order valence-corrected chi connectivity index (χ0v) is 17.2. The molecule has 4 rings (SSSR count). The van der Waals surface area contributed by atoms with E-state index in [1.54, 1.807) is 12.1 Å². The lowest BCUT2D eigenvalue weighted by atomic mass is 10.1. The quantitative estimate of drug-likeness (QED) is 0.258. The number of aryl methyl sites for hydroxylation is 2. The number of nitrogens with one attached hydrogen (secondary N) is 2. The molecule has 0 saturated heterocycles. The number of amidine groups is 2. The minimum Gasteiger partial charge on any atom is -0.461 e. The fraction of sp³-hybridized carbons (Fsp3) is 0.143. The summed E-state index contributed by atoms with van der Waals surface area (Å²) in [5.74, 6) is 1.91. The topological polar surface area (TPSA) is 126 Å². The maximum absolute atomic E-state index is 7.52. The second kappa shape index (κ2) is 9.03. The largest absolute Gasteiger partial charge is 0.461 e. The minimum atomic E-state index is 0. The fourth-order valence-electron chi connectivity index (χ4n) is 3.21. The molecule has 0 unspecified atom stereocenters. The number of fused-ring (bicyclic) bond motifs is 2. The van der Waals surface area contributed by atoms with Crippen LogP contribution in [0.4, 0.5) is 0 Å². The highest BCUT2D eigenvalue weighted by molar-refractivity contribution is 5.99. The van der Waals surface area contributed by atoms with Crippen molar-refractivity contribution in [2.45, 2.75) is 19.3 Å². The predicted molar refractivity (Wildman–Crippen MR) is 121 cm³/mol. The molecular formula is C21H22Cl2N4O2. The number of nitrogens with two attached hydrogens (primary N) is 2. The van der Waals surface area contributed by atoms with Gasteiger partial charge < -0.3 is 20.3 Å². The van der Waals surface area contributed by atoms with Crippen LogP contribution >= 0.6 is 24.8 Å². The molecule has 0 radical (unpaired) electrons. The van der Waals surface area contributed by atoms with Crippen molar-refractivity contribution < 1.29 is 8.83 Å². The van der Waals surface area contributed by atoms with Gasteiger partial charge in [0.15, 0.2) is 0 Å². The van der Waals surface area contributed by atoms with Crippen LogP contribution in [-0.4, -0.2) is 11.7 Å². The number of hydrogen-bond donors (Lipinski definition) is 4. The van der Waals surface area contributed by atoms with Gasteiger partial charge in [-0.25, -0.2) is 0 Å². The van der Waals surface area contributed by atoms with Gasteiger partial charge in [0.1, 0.15) is 34.4 Å². The van der Waals surface area contributed by atoms with Crippen LogP contribution in [-0.2, 0) is 12.8 Å². The van der Waals surface area contributed by atoms with Crippen LogP contribution in [0.15, 0.2) is 57.4 Å². The monoisotopic (exact) mass is 432 g/mol. The fourth-order valence-corrected chi connectivity index (χ4v) is 3.21. The summed E-state index contributed by atoms with van der Waals surface area (Å²) < 4.78 is 11.7. The van der Waals surface area contributed by atoms with Gasteiger partial charge in [-0.1, -0.05) is 0 Å². The lowest BCUT2D eigenvalue weighted by molar-refractivity contribution is 0.510. The molecule has 0 spiro atoms. The molecule has 29 heavy (non-hydrogen) atoms.